The second kappa shape index (κ2) is 7.69. The van der Waals surface area contributed by atoms with Crippen molar-refractivity contribution >= 4 is 23.1 Å². The molecule has 104 valence electrons. The van der Waals surface area contributed by atoms with Gasteiger partial charge in [-0.15, -0.1) is 0 Å². The zero-order valence-corrected chi connectivity index (χ0v) is 11.9. The van der Waals surface area contributed by atoms with E-state index in [1.807, 2.05) is 11.8 Å². The molecule has 1 fully saturated rings. The fourth-order valence-electron chi connectivity index (χ4n) is 2.63. The van der Waals surface area contributed by atoms with E-state index in [0.29, 0.717) is 4.99 Å². The maximum absolute atomic E-state index is 12.4. The molecule has 1 aliphatic rings. The molecule has 1 saturated heterocycles. The van der Waals surface area contributed by atoms with Crippen molar-refractivity contribution in [2.24, 2.45) is 11.7 Å². The Labute approximate surface area is 115 Å². The molecular weight excluding hydrogens is 248 g/mol. The summed E-state index contributed by atoms with van der Waals surface area (Å²) in [6.45, 7) is 3.02. The highest BCUT2D eigenvalue weighted by Gasteiger charge is 2.33. The third-order valence-corrected chi connectivity index (χ3v) is 3.86. The third-order valence-electron chi connectivity index (χ3n) is 3.57. The van der Waals surface area contributed by atoms with Gasteiger partial charge in [-0.3, -0.25) is 4.79 Å². The van der Waals surface area contributed by atoms with Crippen LogP contribution in [0.25, 0.3) is 0 Å². The van der Waals surface area contributed by atoms with Crippen molar-refractivity contribution in [2.45, 2.75) is 51.5 Å². The maximum Gasteiger partial charge on any atom is 0.232 e. The number of hydrogen-bond acceptors (Lipinski definition) is 3. The lowest BCUT2D eigenvalue weighted by atomic mass is 10.0. The molecule has 0 radical (unpaired) electrons. The standard InChI is InChI=1S/C13H24N2O2S/c1-2-5-11(12(14)18)13(17)15-8-3-6-10(15)7-4-9-16/h10-11,16H,2-9H2,1H3,(H2,14,18). The molecule has 0 aromatic rings. The lowest BCUT2D eigenvalue weighted by Gasteiger charge is -2.28. The summed E-state index contributed by atoms with van der Waals surface area (Å²) in [6.07, 6.45) is 5.33. The van der Waals surface area contributed by atoms with Gasteiger partial charge in [-0.25, -0.2) is 0 Å². The number of aliphatic hydroxyl groups is 1. The SMILES string of the molecule is CCCC(C(=O)N1CCCC1CCCO)C(N)=S. The number of nitrogens with zero attached hydrogens (tertiary/aromatic N) is 1. The molecule has 1 rings (SSSR count). The lowest BCUT2D eigenvalue weighted by Crippen LogP contribution is -2.43. The molecule has 0 aliphatic carbocycles. The number of thiocarbonyl (C=S) groups is 1. The molecule has 3 N–H and O–H groups in total. The molecule has 2 atom stereocenters. The molecule has 0 aromatic heterocycles. The first-order valence-electron chi connectivity index (χ1n) is 6.82. The quantitative estimate of drug-likeness (QED) is 0.688. The molecule has 1 heterocycles. The van der Waals surface area contributed by atoms with E-state index in [1.165, 1.54) is 0 Å². The number of carbonyl (C=O) groups excluding carboxylic acids is 1. The Morgan fingerprint density at radius 2 is 2.33 bits per heavy atom. The summed E-state index contributed by atoms with van der Waals surface area (Å²) < 4.78 is 0. The average Bonchev–Trinajstić information content (AvgIpc) is 2.80. The van der Waals surface area contributed by atoms with Crippen molar-refractivity contribution in [1.82, 2.24) is 4.90 Å². The van der Waals surface area contributed by atoms with E-state index < -0.39 is 0 Å². The fraction of sp³-hybridized carbons (Fsp3) is 0.846. The molecule has 0 saturated carbocycles. The van der Waals surface area contributed by atoms with Gasteiger partial charge in [0, 0.05) is 19.2 Å². The summed E-state index contributed by atoms with van der Waals surface area (Å²) in [5.41, 5.74) is 5.68. The normalized spacial score (nSPS) is 21.0. The van der Waals surface area contributed by atoms with Crippen molar-refractivity contribution in [3.63, 3.8) is 0 Å². The molecule has 18 heavy (non-hydrogen) atoms. The number of amides is 1. The number of nitrogens with two attached hydrogens (primary N) is 1. The van der Waals surface area contributed by atoms with Crippen LogP contribution in [0, 0.1) is 5.92 Å². The van der Waals surface area contributed by atoms with Gasteiger partial charge in [-0.2, -0.15) is 0 Å². The van der Waals surface area contributed by atoms with Gasteiger partial charge < -0.3 is 15.7 Å². The molecule has 1 aliphatic heterocycles. The highest BCUT2D eigenvalue weighted by atomic mass is 32.1. The lowest BCUT2D eigenvalue weighted by molar-refractivity contribution is -0.134. The minimum atomic E-state index is -0.306. The predicted octanol–water partition coefficient (Wildman–Crippen LogP) is 1.45. The van der Waals surface area contributed by atoms with E-state index >= 15 is 0 Å². The Bertz CT molecular complexity index is 297. The Hall–Kier alpha value is -0.680. The van der Waals surface area contributed by atoms with Gasteiger partial charge in [0.25, 0.3) is 0 Å². The second-order valence-corrected chi connectivity index (χ2v) is 5.41. The largest absolute Gasteiger partial charge is 0.396 e. The van der Waals surface area contributed by atoms with Crippen LogP contribution < -0.4 is 5.73 Å². The topological polar surface area (TPSA) is 66.6 Å². The zero-order valence-electron chi connectivity index (χ0n) is 11.1. The Morgan fingerprint density at radius 3 is 2.89 bits per heavy atom. The molecule has 1 amide bonds. The average molecular weight is 272 g/mol. The first-order chi connectivity index (χ1) is 8.61. The molecule has 4 nitrogen and oxygen atoms in total. The van der Waals surface area contributed by atoms with Gasteiger partial charge >= 0.3 is 0 Å². The number of likely N-dealkylation sites (tertiary alicyclic amines) is 1. The smallest absolute Gasteiger partial charge is 0.232 e. The van der Waals surface area contributed by atoms with Crippen molar-refractivity contribution < 1.29 is 9.90 Å². The molecular formula is C13H24N2O2S. The van der Waals surface area contributed by atoms with E-state index in [9.17, 15) is 4.79 Å². The number of carbonyl (C=O) groups is 1. The predicted molar refractivity (Wildman–Crippen MR) is 76.2 cm³/mol. The van der Waals surface area contributed by atoms with Crippen LogP contribution in [0.3, 0.4) is 0 Å². The minimum Gasteiger partial charge on any atom is -0.396 e. The van der Waals surface area contributed by atoms with Crippen LogP contribution in [0.4, 0.5) is 0 Å². The number of aliphatic hydroxyl groups excluding tert-OH is 1. The Balaban J connectivity index is 2.65. The second-order valence-electron chi connectivity index (χ2n) is 4.94. The van der Waals surface area contributed by atoms with E-state index in [4.69, 9.17) is 23.1 Å². The summed E-state index contributed by atoms with van der Waals surface area (Å²) in [5, 5.41) is 8.89. The van der Waals surface area contributed by atoms with E-state index in [0.717, 1.165) is 45.1 Å². The Kier molecular flexibility index (Phi) is 6.57. The molecule has 0 bridgehead atoms. The van der Waals surface area contributed by atoms with Crippen LogP contribution in [0.5, 0.6) is 0 Å². The highest BCUT2D eigenvalue weighted by Crippen LogP contribution is 2.24. The number of hydrogen-bond donors (Lipinski definition) is 2. The van der Waals surface area contributed by atoms with Crippen LogP contribution in [-0.4, -0.2) is 40.1 Å². The summed E-state index contributed by atoms with van der Waals surface area (Å²) in [5.74, 6) is -0.218. The molecule has 0 aromatic carbocycles. The van der Waals surface area contributed by atoms with Crippen LogP contribution in [0.15, 0.2) is 0 Å². The first-order valence-corrected chi connectivity index (χ1v) is 7.23. The van der Waals surface area contributed by atoms with Gasteiger partial charge in [-0.05, 0) is 32.1 Å². The van der Waals surface area contributed by atoms with Crippen molar-refractivity contribution in [3.05, 3.63) is 0 Å². The van der Waals surface area contributed by atoms with Crippen molar-refractivity contribution in [1.29, 1.82) is 0 Å². The summed E-state index contributed by atoms with van der Waals surface area (Å²) in [4.78, 5) is 14.7. The Morgan fingerprint density at radius 1 is 1.61 bits per heavy atom. The summed E-state index contributed by atoms with van der Waals surface area (Å²) in [7, 11) is 0. The zero-order chi connectivity index (χ0) is 13.5. The number of rotatable bonds is 7. The molecule has 5 heteroatoms. The van der Waals surface area contributed by atoms with Gasteiger partial charge in [-0.1, -0.05) is 25.6 Å². The minimum absolute atomic E-state index is 0.0878. The first kappa shape index (κ1) is 15.4. The highest BCUT2D eigenvalue weighted by molar-refractivity contribution is 7.80. The van der Waals surface area contributed by atoms with Crippen LogP contribution in [0.1, 0.15) is 45.4 Å². The molecule has 0 spiro atoms. The maximum atomic E-state index is 12.4. The van der Waals surface area contributed by atoms with Gasteiger partial charge in [0.15, 0.2) is 0 Å². The van der Waals surface area contributed by atoms with Crippen LogP contribution >= 0.6 is 12.2 Å². The van der Waals surface area contributed by atoms with Gasteiger partial charge in [0.05, 0.1) is 10.9 Å². The summed E-state index contributed by atoms with van der Waals surface area (Å²) >= 11 is 5.01. The van der Waals surface area contributed by atoms with E-state index in [2.05, 4.69) is 0 Å². The van der Waals surface area contributed by atoms with Gasteiger partial charge in [0.2, 0.25) is 5.91 Å². The van der Waals surface area contributed by atoms with Crippen LogP contribution in [-0.2, 0) is 4.79 Å². The monoisotopic (exact) mass is 272 g/mol. The summed E-state index contributed by atoms with van der Waals surface area (Å²) in [6, 6.07) is 0.262. The van der Waals surface area contributed by atoms with Crippen LogP contribution in [0.2, 0.25) is 0 Å². The van der Waals surface area contributed by atoms with E-state index in [-0.39, 0.29) is 24.5 Å². The van der Waals surface area contributed by atoms with Crippen molar-refractivity contribution in [2.75, 3.05) is 13.2 Å². The third kappa shape index (κ3) is 3.92. The van der Waals surface area contributed by atoms with Gasteiger partial charge in [0.1, 0.15) is 0 Å². The van der Waals surface area contributed by atoms with E-state index in [1.54, 1.807) is 0 Å². The van der Waals surface area contributed by atoms with Crippen molar-refractivity contribution in [3.8, 4) is 0 Å². The molecule has 2 unspecified atom stereocenters. The fourth-order valence-corrected chi connectivity index (χ4v) is 2.85.